The molecule has 2 aromatic rings. The van der Waals surface area contributed by atoms with Crippen molar-refractivity contribution >= 4 is 34.9 Å². The Kier molecular flexibility index (Phi) is 4.71. The van der Waals surface area contributed by atoms with Gasteiger partial charge >= 0.3 is 6.03 Å². The second-order valence-corrected chi connectivity index (χ2v) is 6.24. The molecule has 0 radical (unpaired) electrons. The van der Waals surface area contributed by atoms with Crippen LogP contribution in [-0.2, 0) is 4.79 Å². The zero-order valence-electron chi connectivity index (χ0n) is 13.3. The first-order chi connectivity index (χ1) is 11.5. The SMILES string of the molecule is Cc1ccc(Cl)cc1NC(=O)NC1CC(=O)N(c2ccccc2)C1. The molecule has 0 saturated carbocycles. The van der Waals surface area contributed by atoms with Gasteiger partial charge in [0.05, 0.1) is 6.04 Å². The van der Waals surface area contributed by atoms with Crippen molar-refractivity contribution in [3.8, 4) is 0 Å². The number of benzene rings is 2. The zero-order valence-corrected chi connectivity index (χ0v) is 14.0. The molecule has 1 saturated heterocycles. The highest BCUT2D eigenvalue weighted by Crippen LogP contribution is 2.22. The van der Waals surface area contributed by atoms with Crippen LogP contribution in [-0.4, -0.2) is 24.5 Å². The summed E-state index contributed by atoms with van der Waals surface area (Å²) in [6.07, 6.45) is 0.289. The topological polar surface area (TPSA) is 61.4 Å². The lowest BCUT2D eigenvalue weighted by atomic mass is 10.2. The molecule has 0 spiro atoms. The van der Waals surface area contributed by atoms with Gasteiger partial charge in [-0.05, 0) is 36.8 Å². The number of hydrogen-bond acceptors (Lipinski definition) is 2. The van der Waals surface area contributed by atoms with E-state index < -0.39 is 0 Å². The fourth-order valence-corrected chi connectivity index (χ4v) is 2.91. The number of carbonyl (C=O) groups is 2. The Labute approximate surface area is 145 Å². The first-order valence-electron chi connectivity index (χ1n) is 7.72. The third-order valence-corrected chi connectivity index (χ3v) is 4.21. The van der Waals surface area contributed by atoms with Crippen LogP contribution < -0.4 is 15.5 Å². The van der Waals surface area contributed by atoms with Crippen molar-refractivity contribution in [3.63, 3.8) is 0 Å². The monoisotopic (exact) mass is 343 g/mol. The molecule has 0 bridgehead atoms. The van der Waals surface area contributed by atoms with Crippen molar-refractivity contribution in [1.82, 2.24) is 5.32 Å². The van der Waals surface area contributed by atoms with Crippen molar-refractivity contribution in [1.29, 1.82) is 0 Å². The summed E-state index contributed by atoms with van der Waals surface area (Å²) in [6, 6.07) is 14.2. The van der Waals surface area contributed by atoms with Gasteiger partial charge in [-0.3, -0.25) is 4.79 Å². The van der Waals surface area contributed by atoms with E-state index >= 15 is 0 Å². The summed E-state index contributed by atoms with van der Waals surface area (Å²) >= 11 is 5.95. The Hall–Kier alpha value is -2.53. The lowest BCUT2D eigenvalue weighted by Crippen LogP contribution is -2.39. The van der Waals surface area contributed by atoms with Crippen LogP contribution in [0, 0.1) is 6.92 Å². The summed E-state index contributed by atoms with van der Waals surface area (Å²) in [7, 11) is 0. The molecular formula is C18H18ClN3O2. The molecular weight excluding hydrogens is 326 g/mol. The van der Waals surface area contributed by atoms with Crippen LogP contribution in [0.25, 0.3) is 0 Å². The highest BCUT2D eigenvalue weighted by Gasteiger charge is 2.31. The molecule has 1 aliphatic rings. The van der Waals surface area contributed by atoms with Crippen LogP contribution in [0.5, 0.6) is 0 Å². The number of hydrogen-bond donors (Lipinski definition) is 2. The number of nitrogens with one attached hydrogen (secondary N) is 2. The molecule has 2 N–H and O–H groups in total. The smallest absolute Gasteiger partial charge is 0.319 e. The minimum absolute atomic E-state index is 0.00503. The van der Waals surface area contributed by atoms with Gasteiger partial charge in [-0.25, -0.2) is 4.79 Å². The van der Waals surface area contributed by atoms with Gasteiger partial charge in [0.1, 0.15) is 0 Å². The fourth-order valence-electron chi connectivity index (χ4n) is 2.73. The summed E-state index contributed by atoms with van der Waals surface area (Å²) in [5, 5.41) is 6.19. The Morgan fingerprint density at radius 1 is 1.21 bits per heavy atom. The molecule has 1 atom stereocenters. The molecule has 1 aliphatic heterocycles. The van der Waals surface area contributed by atoms with Crippen molar-refractivity contribution in [2.45, 2.75) is 19.4 Å². The van der Waals surface area contributed by atoms with Gasteiger partial charge in [0.15, 0.2) is 0 Å². The number of rotatable bonds is 3. The zero-order chi connectivity index (χ0) is 17.1. The maximum Gasteiger partial charge on any atom is 0.319 e. The van der Waals surface area contributed by atoms with Gasteiger partial charge in [-0.1, -0.05) is 35.9 Å². The largest absolute Gasteiger partial charge is 0.333 e. The number of carbonyl (C=O) groups excluding carboxylic acids is 2. The maximum absolute atomic E-state index is 12.2. The van der Waals surface area contributed by atoms with E-state index in [-0.39, 0.29) is 24.4 Å². The van der Waals surface area contributed by atoms with E-state index in [1.165, 1.54) is 0 Å². The molecule has 124 valence electrons. The van der Waals surface area contributed by atoms with Crippen LogP contribution >= 0.6 is 11.6 Å². The molecule has 5 nitrogen and oxygen atoms in total. The molecule has 3 rings (SSSR count). The van der Waals surface area contributed by atoms with Gasteiger partial charge in [0.2, 0.25) is 5.91 Å². The Morgan fingerprint density at radius 2 is 1.96 bits per heavy atom. The Morgan fingerprint density at radius 3 is 2.71 bits per heavy atom. The number of aryl methyl sites for hydroxylation is 1. The third kappa shape index (κ3) is 3.68. The van der Waals surface area contributed by atoms with E-state index in [4.69, 9.17) is 11.6 Å². The average molecular weight is 344 g/mol. The minimum atomic E-state index is -0.340. The van der Waals surface area contributed by atoms with Crippen molar-refractivity contribution in [2.24, 2.45) is 0 Å². The molecule has 3 amide bonds. The van der Waals surface area contributed by atoms with E-state index in [1.807, 2.05) is 43.3 Å². The fraction of sp³-hybridized carbons (Fsp3) is 0.222. The van der Waals surface area contributed by atoms with E-state index in [0.717, 1.165) is 11.3 Å². The van der Waals surface area contributed by atoms with Gasteiger partial charge in [0.25, 0.3) is 0 Å². The first-order valence-corrected chi connectivity index (χ1v) is 8.10. The molecule has 6 heteroatoms. The van der Waals surface area contributed by atoms with Crippen LogP contribution in [0.4, 0.5) is 16.2 Å². The van der Waals surface area contributed by atoms with Crippen LogP contribution in [0.2, 0.25) is 5.02 Å². The quantitative estimate of drug-likeness (QED) is 0.894. The summed E-state index contributed by atoms with van der Waals surface area (Å²) in [6.45, 7) is 2.35. The lowest BCUT2D eigenvalue weighted by molar-refractivity contribution is -0.117. The standard InChI is InChI=1S/C18H18ClN3O2/c1-12-7-8-13(19)9-16(12)21-18(24)20-14-10-17(23)22(11-14)15-5-3-2-4-6-15/h2-9,14H,10-11H2,1H3,(H2,20,21,24). The molecule has 24 heavy (non-hydrogen) atoms. The summed E-state index contributed by atoms with van der Waals surface area (Å²) < 4.78 is 0. The van der Waals surface area contributed by atoms with Gasteiger partial charge < -0.3 is 15.5 Å². The Bertz CT molecular complexity index is 764. The van der Waals surface area contributed by atoms with Crippen molar-refractivity contribution in [3.05, 3.63) is 59.1 Å². The number of anilines is 2. The molecule has 1 fully saturated rings. The normalized spacial score (nSPS) is 17.0. The Balaban J connectivity index is 1.61. The third-order valence-electron chi connectivity index (χ3n) is 3.98. The van der Waals surface area contributed by atoms with Gasteiger partial charge in [-0.2, -0.15) is 0 Å². The second kappa shape index (κ2) is 6.93. The van der Waals surface area contributed by atoms with E-state index in [2.05, 4.69) is 10.6 Å². The molecule has 1 heterocycles. The van der Waals surface area contributed by atoms with E-state index in [0.29, 0.717) is 17.3 Å². The highest BCUT2D eigenvalue weighted by atomic mass is 35.5. The van der Waals surface area contributed by atoms with E-state index in [1.54, 1.807) is 17.0 Å². The number of urea groups is 1. The summed E-state index contributed by atoms with van der Waals surface area (Å²) in [4.78, 5) is 26.0. The first kappa shape index (κ1) is 16.3. The van der Waals surface area contributed by atoms with E-state index in [9.17, 15) is 9.59 Å². The predicted octanol–water partition coefficient (Wildman–Crippen LogP) is 3.58. The van der Waals surface area contributed by atoms with Gasteiger partial charge in [0, 0.05) is 29.4 Å². The number of halogens is 1. The van der Waals surface area contributed by atoms with Crippen LogP contribution in [0.15, 0.2) is 48.5 Å². The number of nitrogens with zero attached hydrogens (tertiary/aromatic N) is 1. The minimum Gasteiger partial charge on any atom is -0.333 e. The predicted molar refractivity (Wildman–Crippen MR) is 95.5 cm³/mol. The number of amides is 3. The second-order valence-electron chi connectivity index (χ2n) is 5.80. The average Bonchev–Trinajstić information content (AvgIpc) is 2.92. The van der Waals surface area contributed by atoms with Crippen molar-refractivity contribution in [2.75, 3.05) is 16.8 Å². The van der Waals surface area contributed by atoms with Gasteiger partial charge in [-0.15, -0.1) is 0 Å². The summed E-state index contributed by atoms with van der Waals surface area (Å²) in [5.74, 6) is 0.00503. The molecule has 2 aromatic carbocycles. The number of para-hydroxylation sites is 1. The lowest BCUT2D eigenvalue weighted by Gasteiger charge is -2.17. The van der Waals surface area contributed by atoms with Crippen LogP contribution in [0.3, 0.4) is 0 Å². The maximum atomic E-state index is 12.2. The highest BCUT2D eigenvalue weighted by molar-refractivity contribution is 6.31. The summed E-state index contributed by atoms with van der Waals surface area (Å²) in [5.41, 5.74) is 2.42. The van der Waals surface area contributed by atoms with Crippen LogP contribution in [0.1, 0.15) is 12.0 Å². The molecule has 0 aromatic heterocycles. The molecule has 0 aliphatic carbocycles. The molecule has 1 unspecified atom stereocenters. The van der Waals surface area contributed by atoms with Crippen molar-refractivity contribution < 1.29 is 9.59 Å².